The Bertz CT molecular complexity index is 377. The van der Waals surface area contributed by atoms with E-state index in [0.29, 0.717) is 12.8 Å². The van der Waals surface area contributed by atoms with Gasteiger partial charge in [-0.2, -0.15) is 0 Å². The Balaban J connectivity index is 2.56. The number of carbonyl (C=O) groups is 1. The molecule has 4 heteroatoms. The van der Waals surface area contributed by atoms with Gasteiger partial charge in [0.2, 0.25) is 5.91 Å². The quantitative estimate of drug-likeness (QED) is 0.893. The molecule has 1 rings (SSSR count). The maximum Gasteiger partial charge on any atom is 0.224 e. The molecule has 0 aromatic heterocycles. The van der Waals surface area contributed by atoms with Crippen LogP contribution in [-0.4, -0.2) is 11.9 Å². The van der Waals surface area contributed by atoms with Crippen molar-refractivity contribution in [2.75, 3.05) is 5.32 Å². The number of nitrogens with two attached hydrogens (primary N) is 1. The third kappa shape index (κ3) is 4.33. The van der Waals surface area contributed by atoms with Crippen LogP contribution in [0.2, 0.25) is 0 Å². The summed E-state index contributed by atoms with van der Waals surface area (Å²) >= 11 is 3.42. The second kappa shape index (κ2) is 6.01. The van der Waals surface area contributed by atoms with E-state index in [-0.39, 0.29) is 11.9 Å². The van der Waals surface area contributed by atoms with Crippen molar-refractivity contribution in [3.05, 3.63) is 28.2 Å². The number of rotatable bonds is 4. The van der Waals surface area contributed by atoms with Crippen molar-refractivity contribution in [2.45, 2.75) is 32.7 Å². The van der Waals surface area contributed by atoms with Gasteiger partial charge in [0.1, 0.15) is 0 Å². The van der Waals surface area contributed by atoms with Crippen LogP contribution in [0.25, 0.3) is 0 Å². The average molecular weight is 285 g/mol. The lowest BCUT2D eigenvalue weighted by atomic mass is 10.2. The van der Waals surface area contributed by atoms with Crippen LogP contribution in [0.15, 0.2) is 22.7 Å². The Hall–Kier alpha value is -0.870. The molecule has 0 fully saturated rings. The highest BCUT2D eigenvalue weighted by molar-refractivity contribution is 9.10. The molecular weight excluding hydrogens is 268 g/mol. The molecule has 0 bridgehead atoms. The molecule has 0 saturated carbocycles. The molecule has 1 aromatic rings. The molecule has 0 heterocycles. The highest BCUT2D eigenvalue weighted by Gasteiger charge is 2.06. The van der Waals surface area contributed by atoms with E-state index in [1.807, 2.05) is 32.0 Å². The minimum atomic E-state index is 0.00172. The summed E-state index contributed by atoms with van der Waals surface area (Å²) in [5.74, 6) is 0.00172. The van der Waals surface area contributed by atoms with Crippen molar-refractivity contribution < 1.29 is 4.79 Å². The summed E-state index contributed by atoms with van der Waals surface area (Å²) < 4.78 is 0.904. The maximum absolute atomic E-state index is 11.6. The molecule has 1 amide bonds. The summed E-state index contributed by atoms with van der Waals surface area (Å²) in [7, 11) is 0. The number of carbonyl (C=O) groups excluding carboxylic acids is 1. The number of hydrogen-bond donors (Lipinski definition) is 2. The number of amides is 1. The van der Waals surface area contributed by atoms with E-state index < -0.39 is 0 Å². The Kier molecular flexibility index (Phi) is 4.96. The van der Waals surface area contributed by atoms with Crippen molar-refractivity contribution in [1.82, 2.24) is 0 Å². The highest BCUT2D eigenvalue weighted by Crippen LogP contribution is 2.23. The number of anilines is 1. The first-order chi connectivity index (χ1) is 7.49. The fraction of sp³-hybridized carbons (Fsp3) is 0.417. The minimum Gasteiger partial charge on any atom is -0.328 e. The minimum absolute atomic E-state index is 0.00172. The summed E-state index contributed by atoms with van der Waals surface area (Å²) in [5, 5.41) is 2.85. The summed E-state index contributed by atoms with van der Waals surface area (Å²) in [6.45, 7) is 3.90. The molecule has 0 aliphatic heterocycles. The smallest absolute Gasteiger partial charge is 0.224 e. The van der Waals surface area contributed by atoms with Gasteiger partial charge in [-0.1, -0.05) is 6.07 Å². The van der Waals surface area contributed by atoms with E-state index >= 15 is 0 Å². The van der Waals surface area contributed by atoms with Crippen molar-refractivity contribution in [3.63, 3.8) is 0 Å². The van der Waals surface area contributed by atoms with Gasteiger partial charge in [0.15, 0.2) is 0 Å². The largest absolute Gasteiger partial charge is 0.328 e. The molecular formula is C12H17BrN2O. The maximum atomic E-state index is 11.6. The van der Waals surface area contributed by atoms with Gasteiger partial charge in [-0.25, -0.2) is 0 Å². The second-order valence-corrected chi connectivity index (χ2v) is 4.90. The standard InChI is InChI=1S/C12H17BrN2O/c1-8-3-5-11(10(13)7-8)15-12(16)6-4-9(2)14/h3,5,7,9H,4,6,14H2,1-2H3,(H,15,16). The van der Waals surface area contributed by atoms with Crippen LogP contribution in [0.5, 0.6) is 0 Å². The number of nitrogens with one attached hydrogen (secondary N) is 1. The molecule has 3 N–H and O–H groups in total. The molecule has 88 valence electrons. The van der Waals surface area contributed by atoms with Crippen LogP contribution in [0, 0.1) is 6.92 Å². The molecule has 0 spiro atoms. The first-order valence-electron chi connectivity index (χ1n) is 5.30. The number of aryl methyl sites for hydroxylation is 1. The van der Waals surface area contributed by atoms with Crippen LogP contribution in [0.3, 0.4) is 0 Å². The predicted molar refractivity (Wildman–Crippen MR) is 70.4 cm³/mol. The van der Waals surface area contributed by atoms with Gasteiger partial charge in [0.25, 0.3) is 0 Å². The van der Waals surface area contributed by atoms with Crippen LogP contribution < -0.4 is 11.1 Å². The second-order valence-electron chi connectivity index (χ2n) is 4.05. The molecule has 0 aliphatic carbocycles. The molecule has 0 radical (unpaired) electrons. The summed E-state index contributed by atoms with van der Waals surface area (Å²) in [6, 6.07) is 5.89. The van der Waals surface area contributed by atoms with E-state index in [1.165, 1.54) is 0 Å². The fourth-order valence-corrected chi connectivity index (χ4v) is 1.89. The lowest BCUT2D eigenvalue weighted by Crippen LogP contribution is -2.19. The molecule has 0 aliphatic rings. The Labute approximate surface area is 105 Å². The van der Waals surface area contributed by atoms with Crippen molar-refractivity contribution >= 4 is 27.5 Å². The summed E-state index contributed by atoms with van der Waals surface area (Å²) in [5.41, 5.74) is 7.55. The predicted octanol–water partition coefficient (Wildman–Crippen LogP) is 2.82. The monoisotopic (exact) mass is 284 g/mol. The van der Waals surface area contributed by atoms with Crippen molar-refractivity contribution in [2.24, 2.45) is 5.73 Å². The molecule has 1 atom stereocenters. The van der Waals surface area contributed by atoms with E-state index in [1.54, 1.807) is 0 Å². The van der Waals surface area contributed by atoms with Crippen LogP contribution >= 0.6 is 15.9 Å². The van der Waals surface area contributed by atoms with E-state index in [4.69, 9.17) is 5.73 Å². The van der Waals surface area contributed by atoms with Gasteiger partial charge in [-0.05, 0) is 53.9 Å². The lowest BCUT2D eigenvalue weighted by molar-refractivity contribution is -0.116. The summed E-state index contributed by atoms with van der Waals surface area (Å²) in [6.07, 6.45) is 1.16. The van der Waals surface area contributed by atoms with E-state index in [9.17, 15) is 4.79 Å². The number of hydrogen-bond acceptors (Lipinski definition) is 2. The molecule has 1 unspecified atom stereocenters. The van der Waals surface area contributed by atoms with E-state index in [2.05, 4.69) is 21.2 Å². The van der Waals surface area contributed by atoms with Crippen LogP contribution in [-0.2, 0) is 4.79 Å². The first-order valence-corrected chi connectivity index (χ1v) is 6.10. The topological polar surface area (TPSA) is 55.1 Å². The van der Waals surface area contributed by atoms with E-state index in [0.717, 1.165) is 15.7 Å². The third-order valence-electron chi connectivity index (χ3n) is 2.23. The summed E-state index contributed by atoms with van der Waals surface area (Å²) in [4.78, 5) is 11.6. The van der Waals surface area contributed by atoms with Crippen LogP contribution in [0.4, 0.5) is 5.69 Å². The van der Waals surface area contributed by atoms with Crippen molar-refractivity contribution in [1.29, 1.82) is 0 Å². The van der Waals surface area contributed by atoms with Gasteiger partial charge in [-0.15, -0.1) is 0 Å². The van der Waals surface area contributed by atoms with Gasteiger partial charge >= 0.3 is 0 Å². The van der Waals surface area contributed by atoms with Gasteiger partial charge in [-0.3, -0.25) is 4.79 Å². The van der Waals surface area contributed by atoms with Gasteiger partial charge in [0, 0.05) is 16.9 Å². The van der Waals surface area contributed by atoms with Crippen molar-refractivity contribution in [3.8, 4) is 0 Å². The SMILES string of the molecule is Cc1ccc(NC(=O)CCC(C)N)c(Br)c1. The number of halogens is 1. The Morgan fingerprint density at radius 3 is 2.81 bits per heavy atom. The highest BCUT2D eigenvalue weighted by atomic mass is 79.9. The van der Waals surface area contributed by atoms with Gasteiger partial charge in [0.05, 0.1) is 5.69 Å². The molecule has 16 heavy (non-hydrogen) atoms. The average Bonchev–Trinajstić information content (AvgIpc) is 2.19. The molecule has 1 aromatic carbocycles. The normalized spacial score (nSPS) is 12.2. The first kappa shape index (κ1) is 13.2. The third-order valence-corrected chi connectivity index (χ3v) is 2.88. The zero-order chi connectivity index (χ0) is 12.1. The lowest BCUT2D eigenvalue weighted by Gasteiger charge is -2.09. The Morgan fingerprint density at radius 1 is 1.56 bits per heavy atom. The Morgan fingerprint density at radius 2 is 2.25 bits per heavy atom. The number of benzene rings is 1. The zero-order valence-corrected chi connectivity index (χ0v) is 11.2. The molecule has 3 nitrogen and oxygen atoms in total. The molecule has 0 saturated heterocycles. The van der Waals surface area contributed by atoms with Crippen LogP contribution in [0.1, 0.15) is 25.3 Å². The van der Waals surface area contributed by atoms with Gasteiger partial charge < -0.3 is 11.1 Å². The fourth-order valence-electron chi connectivity index (χ4n) is 1.29. The zero-order valence-electron chi connectivity index (χ0n) is 9.59.